The Labute approximate surface area is 223 Å². The Balaban J connectivity index is 1.35. The summed E-state index contributed by atoms with van der Waals surface area (Å²) in [5.74, 6) is -0.832. The highest BCUT2D eigenvalue weighted by Gasteiger charge is 2.29. The topological polar surface area (TPSA) is 121 Å². The van der Waals surface area contributed by atoms with Gasteiger partial charge >= 0.3 is 5.97 Å². The van der Waals surface area contributed by atoms with Gasteiger partial charge in [0.15, 0.2) is 0 Å². The maximum atomic E-state index is 13.1. The zero-order valence-corrected chi connectivity index (χ0v) is 21.2. The van der Waals surface area contributed by atoms with E-state index in [-0.39, 0.29) is 17.5 Å². The predicted molar refractivity (Wildman–Crippen MR) is 142 cm³/mol. The minimum Gasteiger partial charge on any atom is -0.478 e. The number of nitrogens with one attached hydrogen (secondary N) is 1. The third-order valence-corrected chi connectivity index (χ3v) is 6.70. The number of anilines is 1. The lowest BCUT2D eigenvalue weighted by molar-refractivity contribution is -0.114. The quantitative estimate of drug-likeness (QED) is 0.429. The SMILES string of the molecule is CC1=NN(c2cccc(C(=O)O)c2)C(=O)/C1=C\c1ccc(-c2ccc(Cl)c(C(=O)NC3CCOCC3)c2)o1. The molecule has 9 nitrogen and oxygen atoms in total. The second kappa shape index (κ2) is 10.6. The van der Waals surface area contributed by atoms with Crippen molar-refractivity contribution < 1.29 is 28.6 Å². The molecule has 0 saturated carbocycles. The minimum atomic E-state index is -1.09. The third kappa shape index (κ3) is 5.25. The molecule has 10 heteroatoms. The molecular formula is C28H24ClN3O6. The normalized spacial score (nSPS) is 17.1. The van der Waals surface area contributed by atoms with Gasteiger partial charge in [0.25, 0.3) is 11.8 Å². The molecule has 194 valence electrons. The summed E-state index contributed by atoms with van der Waals surface area (Å²) in [7, 11) is 0. The first-order valence-corrected chi connectivity index (χ1v) is 12.4. The standard InChI is InChI=1S/C28H24ClN3O6/c1-16-22(27(34)32(31-16)20-4-2-3-18(13-20)28(35)36)15-21-6-8-25(38-21)17-5-7-24(29)23(14-17)26(33)30-19-9-11-37-12-10-19/h2-8,13-15,19H,9-12H2,1H3,(H,30,33)(H,35,36)/b22-15-. The fourth-order valence-electron chi connectivity index (χ4n) is 4.32. The monoisotopic (exact) mass is 533 g/mol. The van der Waals surface area contributed by atoms with Crippen LogP contribution in [0.3, 0.4) is 0 Å². The van der Waals surface area contributed by atoms with E-state index in [1.54, 1.807) is 55.5 Å². The van der Waals surface area contributed by atoms with Crippen LogP contribution in [0.5, 0.6) is 0 Å². The number of carbonyl (C=O) groups excluding carboxylic acids is 2. The van der Waals surface area contributed by atoms with Gasteiger partial charge in [-0.3, -0.25) is 9.59 Å². The summed E-state index contributed by atoms with van der Waals surface area (Å²) in [6.07, 6.45) is 3.09. The van der Waals surface area contributed by atoms with Crippen molar-refractivity contribution in [2.24, 2.45) is 5.10 Å². The Morgan fingerprint density at radius 1 is 1.13 bits per heavy atom. The van der Waals surface area contributed by atoms with Gasteiger partial charge in [-0.05, 0) is 74.4 Å². The maximum Gasteiger partial charge on any atom is 0.335 e. The molecule has 0 radical (unpaired) electrons. The van der Waals surface area contributed by atoms with Crippen LogP contribution >= 0.6 is 11.6 Å². The van der Waals surface area contributed by atoms with Crippen LogP contribution in [0.15, 0.2) is 69.7 Å². The summed E-state index contributed by atoms with van der Waals surface area (Å²) < 4.78 is 11.3. The number of benzene rings is 2. The Morgan fingerprint density at radius 3 is 2.68 bits per heavy atom. The highest BCUT2D eigenvalue weighted by molar-refractivity contribution is 6.34. The second-order valence-corrected chi connectivity index (χ2v) is 9.38. The van der Waals surface area contributed by atoms with Gasteiger partial charge < -0.3 is 19.6 Å². The molecule has 38 heavy (non-hydrogen) atoms. The number of rotatable bonds is 6. The molecule has 2 aliphatic heterocycles. The van der Waals surface area contributed by atoms with Crippen molar-refractivity contribution in [3.8, 4) is 11.3 Å². The molecule has 3 heterocycles. The van der Waals surface area contributed by atoms with Crippen molar-refractivity contribution in [3.05, 3.63) is 82.1 Å². The molecule has 2 amide bonds. The Bertz CT molecular complexity index is 1490. The van der Waals surface area contributed by atoms with Crippen molar-refractivity contribution in [3.63, 3.8) is 0 Å². The van der Waals surface area contributed by atoms with Crippen molar-refractivity contribution in [2.75, 3.05) is 18.2 Å². The van der Waals surface area contributed by atoms with Crippen molar-refractivity contribution >= 4 is 46.9 Å². The summed E-state index contributed by atoms with van der Waals surface area (Å²) >= 11 is 6.32. The van der Waals surface area contributed by atoms with E-state index in [0.29, 0.717) is 57.9 Å². The number of halogens is 1. The van der Waals surface area contributed by atoms with Crippen molar-refractivity contribution in [1.82, 2.24) is 5.32 Å². The van der Waals surface area contributed by atoms with Crippen LogP contribution in [0.2, 0.25) is 5.02 Å². The molecule has 0 aliphatic carbocycles. The van der Waals surface area contributed by atoms with Gasteiger partial charge in [0.1, 0.15) is 11.5 Å². The van der Waals surface area contributed by atoms with Gasteiger partial charge in [-0.1, -0.05) is 17.7 Å². The number of carboxylic acid groups (broad SMARTS) is 1. The third-order valence-electron chi connectivity index (χ3n) is 6.37. The van der Waals surface area contributed by atoms with Gasteiger partial charge in [0, 0.05) is 24.8 Å². The molecule has 0 spiro atoms. The molecule has 0 bridgehead atoms. The van der Waals surface area contributed by atoms with Crippen LogP contribution < -0.4 is 10.3 Å². The highest BCUT2D eigenvalue weighted by Crippen LogP contribution is 2.30. The van der Waals surface area contributed by atoms with Gasteiger partial charge in [-0.2, -0.15) is 10.1 Å². The first-order valence-electron chi connectivity index (χ1n) is 12.0. The number of hydrogen-bond donors (Lipinski definition) is 2. The molecule has 1 saturated heterocycles. The van der Waals surface area contributed by atoms with Crippen molar-refractivity contribution in [2.45, 2.75) is 25.8 Å². The van der Waals surface area contributed by atoms with Gasteiger partial charge in [-0.25, -0.2) is 4.79 Å². The van der Waals surface area contributed by atoms with Crippen LogP contribution in [0.4, 0.5) is 5.69 Å². The molecule has 5 rings (SSSR count). The first-order chi connectivity index (χ1) is 18.3. The number of ether oxygens (including phenoxy) is 1. The Kier molecular flexibility index (Phi) is 7.13. The number of aromatic carboxylic acids is 1. The molecule has 2 aromatic carbocycles. The minimum absolute atomic E-state index is 0.0397. The summed E-state index contributed by atoms with van der Waals surface area (Å²) in [6, 6.07) is 14.6. The van der Waals surface area contributed by atoms with Gasteiger partial charge in [0.05, 0.1) is 33.1 Å². The van der Waals surface area contributed by atoms with E-state index in [0.717, 1.165) is 12.8 Å². The largest absolute Gasteiger partial charge is 0.478 e. The number of hydrogen-bond acceptors (Lipinski definition) is 6. The zero-order valence-electron chi connectivity index (χ0n) is 20.4. The van der Waals surface area contributed by atoms with Crippen LogP contribution in [-0.4, -0.2) is 47.9 Å². The first kappa shape index (κ1) is 25.4. The Hall–Kier alpha value is -4.21. The molecule has 2 aliphatic rings. The summed E-state index contributed by atoms with van der Waals surface area (Å²) in [4.78, 5) is 37.3. The molecule has 0 atom stereocenters. The summed E-state index contributed by atoms with van der Waals surface area (Å²) in [6.45, 7) is 2.92. The number of nitrogens with zero attached hydrogens (tertiary/aromatic N) is 2. The van der Waals surface area contributed by atoms with Crippen LogP contribution in [0.25, 0.3) is 17.4 Å². The molecule has 3 aromatic rings. The van der Waals surface area contributed by atoms with E-state index in [4.69, 9.17) is 20.8 Å². The Morgan fingerprint density at radius 2 is 1.92 bits per heavy atom. The zero-order chi connectivity index (χ0) is 26.8. The van der Waals surface area contributed by atoms with Crippen LogP contribution in [0, 0.1) is 0 Å². The number of hydrazone groups is 1. The molecule has 2 N–H and O–H groups in total. The van der Waals surface area contributed by atoms with Gasteiger partial charge in [-0.15, -0.1) is 0 Å². The lowest BCUT2D eigenvalue weighted by Gasteiger charge is -2.23. The van der Waals surface area contributed by atoms with Crippen molar-refractivity contribution in [1.29, 1.82) is 0 Å². The molecular weight excluding hydrogens is 510 g/mol. The average molecular weight is 534 g/mol. The molecule has 1 aromatic heterocycles. The van der Waals surface area contributed by atoms with E-state index in [9.17, 15) is 19.5 Å². The number of carbonyl (C=O) groups is 3. The molecule has 1 fully saturated rings. The predicted octanol–water partition coefficient (Wildman–Crippen LogP) is 5.01. The van der Waals surface area contributed by atoms with E-state index >= 15 is 0 Å². The lowest BCUT2D eigenvalue weighted by atomic mass is 10.1. The van der Waals surface area contributed by atoms with E-state index in [1.165, 1.54) is 17.1 Å². The van der Waals surface area contributed by atoms with Crippen LogP contribution in [-0.2, 0) is 9.53 Å². The number of amides is 2. The van der Waals surface area contributed by atoms with E-state index in [1.807, 2.05) is 0 Å². The second-order valence-electron chi connectivity index (χ2n) is 8.97. The molecule has 0 unspecified atom stereocenters. The van der Waals surface area contributed by atoms with Gasteiger partial charge in [0.2, 0.25) is 0 Å². The lowest BCUT2D eigenvalue weighted by Crippen LogP contribution is -2.39. The fourth-order valence-corrected chi connectivity index (χ4v) is 4.52. The smallest absolute Gasteiger partial charge is 0.335 e. The number of carboxylic acids is 1. The maximum absolute atomic E-state index is 13.1. The number of furan rings is 1. The summed E-state index contributed by atoms with van der Waals surface area (Å²) in [5.41, 5.74) is 2.20. The van der Waals surface area contributed by atoms with E-state index in [2.05, 4.69) is 10.4 Å². The van der Waals surface area contributed by atoms with Crippen LogP contribution in [0.1, 0.15) is 46.2 Å². The summed E-state index contributed by atoms with van der Waals surface area (Å²) in [5, 5.41) is 18.1. The fraction of sp³-hybridized carbons (Fsp3) is 0.214. The highest BCUT2D eigenvalue weighted by atomic mass is 35.5. The van der Waals surface area contributed by atoms with E-state index < -0.39 is 11.9 Å². The average Bonchev–Trinajstić information content (AvgIpc) is 3.50.